The minimum atomic E-state index is -3.93. The zero-order chi connectivity index (χ0) is 34.7. The summed E-state index contributed by atoms with van der Waals surface area (Å²) in [5.41, 5.74) is 3.23. The van der Waals surface area contributed by atoms with Crippen LogP contribution >= 0.6 is 7.82 Å². The maximum Gasteiger partial charge on any atom is 0.647 e. The third kappa shape index (κ3) is 17.3. The van der Waals surface area contributed by atoms with Gasteiger partial charge in [-0.25, -0.2) is 0 Å². The van der Waals surface area contributed by atoms with E-state index in [9.17, 15) is 13.0 Å². The Morgan fingerprint density at radius 2 is 0.857 bits per heavy atom. The fraction of sp³-hybridized carbons (Fsp3) is 0.385. The fourth-order valence-electron chi connectivity index (χ4n) is 4.65. The van der Waals surface area contributed by atoms with Crippen LogP contribution in [0.3, 0.4) is 0 Å². The van der Waals surface area contributed by atoms with Crippen LogP contribution in [0.15, 0.2) is 108 Å². The van der Waals surface area contributed by atoms with Crippen LogP contribution in [-0.4, -0.2) is 44.6 Å². The summed E-state index contributed by atoms with van der Waals surface area (Å²) in [5.74, 6) is 1.24. The smallest absolute Gasteiger partial charge is 0.386 e. The molecule has 4 aromatic rings. The van der Waals surface area contributed by atoms with Crippen LogP contribution in [0.25, 0.3) is 0 Å². The summed E-state index contributed by atoms with van der Waals surface area (Å²) in [5, 5.41) is 0. The first kappa shape index (κ1) is 42.6. The summed E-state index contributed by atoms with van der Waals surface area (Å²) in [6.45, 7) is 8.42. The molecule has 0 saturated heterocycles. The summed E-state index contributed by atoms with van der Waals surface area (Å²) in [6.07, 6.45) is 12.3. The number of phosphoric acid groups is 1. The van der Waals surface area contributed by atoms with Crippen molar-refractivity contribution in [2.45, 2.75) is 96.8 Å². The van der Waals surface area contributed by atoms with Gasteiger partial charge in [0.25, 0.3) is 10.1 Å². The van der Waals surface area contributed by atoms with Crippen molar-refractivity contribution in [1.82, 2.24) is 0 Å². The van der Waals surface area contributed by atoms with Gasteiger partial charge in [-0.15, -0.1) is 0 Å². The Hall–Kier alpha value is -2.58. The van der Waals surface area contributed by atoms with E-state index < -0.39 is 17.9 Å². The number of aryl methyl sites for hydroxylation is 3. The standard InChI is InChI=1S/C21H21O4P.C18H30O3S.Na/c1-16-4-10-19(11-5-16)23-26(22,24-20-12-6-17(2)7-13-20)25-21-14-8-18(3)9-15-21;1-2-3-4-5-6-7-8-9-10-14-17-21-22(19,20)18-15-12-11-13-16-18;/h4-15H,1-3H3;11-13,15-16H,2-10,14,17H2,1H3;. The molecule has 1 radical (unpaired) electrons. The van der Waals surface area contributed by atoms with Gasteiger partial charge < -0.3 is 13.6 Å². The van der Waals surface area contributed by atoms with E-state index in [1.54, 1.807) is 66.7 Å². The maximum atomic E-state index is 13.3. The van der Waals surface area contributed by atoms with Gasteiger partial charge in [0.15, 0.2) is 0 Å². The average Bonchev–Trinajstić information content (AvgIpc) is 3.07. The average molecular weight is 718 g/mol. The molecule has 0 aliphatic heterocycles. The van der Waals surface area contributed by atoms with Crippen LogP contribution in [0.2, 0.25) is 0 Å². The van der Waals surface area contributed by atoms with E-state index in [-0.39, 0.29) is 41.1 Å². The van der Waals surface area contributed by atoms with Gasteiger partial charge in [0.05, 0.1) is 11.5 Å². The molecule has 0 spiro atoms. The Kier molecular flexibility index (Phi) is 20.0. The van der Waals surface area contributed by atoms with E-state index in [4.69, 9.17) is 17.8 Å². The molecule has 0 saturated carbocycles. The quantitative estimate of drug-likeness (QED) is 0.0413. The van der Waals surface area contributed by atoms with Crippen LogP contribution in [0.5, 0.6) is 17.2 Å². The first-order valence-corrected chi connectivity index (χ1v) is 19.8. The van der Waals surface area contributed by atoms with Crippen molar-refractivity contribution in [2.75, 3.05) is 6.61 Å². The zero-order valence-corrected chi connectivity index (χ0v) is 33.5. The topological polar surface area (TPSA) is 88.1 Å². The summed E-state index contributed by atoms with van der Waals surface area (Å²) >= 11 is 0. The monoisotopic (exact) mass is 717 g/mol. The molecule has 10 heteroatoms. The molecule has 0 N–H and O–H groups in total. The van der Waals surface area contributed by atoms with E-state index in [1.165, 1.54) is 51.4 Å². The minimum Gasteiger partial charge on any atom is -0.386 e. The summed E-state index contributed by atoms with van der Waals surface area (Å²) in [7, 11) is -7.50. The van der Waals surface area contributed by atoms with Crippen molar-refractivity contribution in [3.05, 3.63) is 120 Å². The summed E-state index contributed by atoms with van der Waals surface area (Å²) in [6, 6.07) is 30.0. The molecule has 7 nitrogen and oxygen atoms in total. The number of hydrogen-bond donors (Lipinski definition) is 0. The Morgan fingerprint density at radius 3 is 1.22 bits per heavy atom. The van der Waals surface area contributed by atoms with Gasteiger partial charge in [-0.2, -0.15) is 13.0 Å². The van der Waals surface area contributed by atoms with E-state index >= 15 is 0 Å². The Balaban J connectivity index is 0.000000339. The normalized spacial score (nSPS) is 11.1. The van der Waals surface area contributed by atoms with Gasteiger partial charge in [0.1, 0.15) is 17.2 Å². The molecule has 261 valence electrons. The zero-order valence-electron chi connectivity index (χ0n) is 29.8. The Morgan fingerprint density at radius 1 is 0.510 bits per heavy atom. The van der Waals surface area contributed by atoms with Gasteiger partial charge in [-0.05, 0) is 75.7 Å². The van der Waals surface area contributed by atoms with Crippen LogP contribution in [0.4, 0.5) is 0 Å². The second-order valence-corrected chi connectivity index (χ2v) is 15.0. The molecule has 0 aliphatic carbocycles. The first-order chi connectivity index (χ1) is 23.1. The predicted octanol–water partition coefficient (Wildman–Crippen LogP) is 11.2. The minimum absolute atomic E-state index is 0. The molecule has 0 fully saturated rings. The van der Waals surface area contributed by atoms with Crippen molar-refractivity contribution in [3.8, 4) is 17.2 Å². The van der Waals surface area contributed by atoms with Crippen LogP contribution in [0.1, 0.15) is 87.8 Å². The maximum absolute atomic E-state index is 13.3. The number of phosphoric ester groups is 1. The molecular weight excluding hydrogens is 666 g/mol. The van der Waals surface area contributed by atoms with E-state index in [0.29, 0.717) is 17.2 Å². The summed E-state index contributed by atoms with van der Waals surface area (Å²) < 4.78 is 59.0. The van der Waals surface area contributed by atoms with Crippen molar-refractivity contribution < 1.29 is 30.7 Å². The van der Waals surface area contributed by atoms with E-state index in [0.717, 1.165) is 29.5 Å². The van der Waals surface area contributed by atoms with Crippen molar-refractivity contribution in [2.24, 2.45) is 0 Å². The van der Waals surface area contributed by atoms with E-state index in [2.05, 4.69) is 6.92 Å². The molecule has 0 amide bonds. The predicted molar refractivity (Wildman–Crippen MR) is 200 cm³/mol. The second kappa shape index (κ2) is 23.0. The first-order valence-electron chi connectivity index (χ1n) is 16.9. The molecule has 0 heterocycles. The van der Waals surface area contributed by atoms with Crippen LogP contribution in [0, 0.1) is 20.8 Å². The summed E-state index contributed by atoms with van der Waals surface area (Å²) in [4.78, 5) is 0.238. The molecular formula is C39H51NaO7PS. The third-order valence-electron chi connectivity index (χ3n) is 7.48. The van der Waals surface area contributed by atoms with Gasteiger partial charge >= 0.3 is 7.82 Å². The second-order valence-electron chi connectivity index (χ2n) is 11.9. The molecule has 0 atom stereocenters. The van der Waals surface area contributed by atoms with Crippen molar-refractivity contribution >= 4 is 47.5 Å². The Labute approximate surface area is 316 Å². The van der Waals surface area contributed by atoms with Crippen molar-refractivity contribution in [3.63, 3.8) is 0 Å². The number of benzene rings is 4. The molecule has 4 aromatic carbocycles. The molecule has 49 heavy (non-hydrogen) atoms. The largest absolute Gasteiger partial charge is 0.647 e. The van der Waals surface area contributed by atoms with Crippen LogP contribution in [-0.2, 0) is 18.9 Å². The molecule has 4 rings (SSSR count). The number of hydrogen-bond acceptors (Lipinski definition) is 7. The molecule has 0 bridgehead atoms. The molecule has 0 aliphatic rings. The van der Waals surface area contributed by atoms with Crippen molar-refractivity contribution in [1.29, 1.82) is 0 Å². The number of rotatable bonds is 19. The van der Waals surface area contributed by atoms with E-state index in [1.807, 2.05) is 57.2 Å². The number of unbranched alkanes of at least 4 members (excludes halogenated alkanes) is 9. The fourth-order valence-corrected chi connectivity index (χ4v) is 6.87. The molecule has 0 aromatic heterocycles. The Bertz CT molecular complexity index is 1490. The SMILES string of the molecule is CCCCCCCCCCCCOS(=O)(=O)c1ccccc1.Cc1ccc(OP(=O)(Oc2ccc(C)cc2)Oc2ccc(C)cc2)cc1.[Na]. The van der Waals surface area contributed by atoms with Gasteiger partial charge in [-0.3, -0.25) is 4.18 Å². The van der Waals surface area contributed by atoms with Gasteiger partial charge in [-0.1, -0.05) is 136 Å². The van der Waals surface area contributed by atoms with Gasteiger partial charge in [0, 0.05) is 29.6 Å². The third-order valence-corrected chi connectivity index (χ3v) is 10.1. The molecule has 0 unspecified atom stereocenters. The van der Waals surface area contributed by atoms with Crippen LogP contribution < -0.4 is 13.6 Å². The van der Waals surface area contributed by atoms with Gasteiger partial charge in [0.2, 0.25) is 0 Å².